The van der Waals surface area contributed by atoms with Crippen LogP contribution in [0.3, 0.4) is 0 Å². The van der Waals surface area contributed by atoms with E-state index in [1.807, 2.05) is 13.1 Å². The molecule has 0 spiro atoms. The molecule has 1 aromatic heterocycles. The smallest absolute Gasteiger partial charge is 0.191 e. The van der Waals surface area contributed by atoms with Gasteiger partial charge in [-0.3, -0.25) is 0 Å². The van der Waals surface area contributed by atoms with Crippen molar-refractivity contribution in [1.82, 2.24) is 15.6 Å². The van der Waals surface area contributed by atoms with Crippen molar-refractivity contribution in [3.63, 3.8) is 0 Å². The largest absolute Gasteiger partial charge is 0.357 e. The number of benzene rings is 1. The number of thiazole rings is 1. The van der Waals surface area contributed by atoms with Crippen molar-refractivity contribution in [3.8, 4) is 0 Å². The molecule has 0 unspecified atom stereocenters. The minimum Gasteiger partial charge on any atom is -0.357 e. The zero-order valence-corrected chi connectivity index (χ0v) is 17.2. The van der Waals surface area contributed by atoms with Gasteiger partial charge in [0.05, 0.1) is 11.6 Å². The van der Waals surface area contributed by atoms with E-state index in [1.165, 1.54) is 17.0 Å². The standard InChI is InChI=1S/C17H23FN4S.HI/c1-3-15-12-21-16(23-15)9-10-20-17(19-4-2)22-11-13-5-7-14(18)8-6-13;/h5-8,12H,3-4,9-11H2,1-2H3,(H2,19,20,22);1H. The number of nitrogens with one attached hydrogen (secondary N) is 2. The topological polar surface area (TPSA) is 49.3 Å². The summed E-state index contributed by atoms with van der Waals surface area (Å²) in [5.74, 6) is 0.543. The molecule has 4 nitrogen and oxygen atoms in total. The lowest BCUT2D eigenvalue weighted by molar-refractivity contribution is 0.627. The maximum absolute atomic E-state index is 12.9. The molecule has 1 aromatic carbocycles. The molecular weight excluding hydrogens is 438 g/mol. The average molecular weight is 462 g/mol. The highest BCUT2D eigenvalue weighted by Crippen LogP contribution is 2.13. The predicted molar refractivity (Wildman–Crippen MR) is 110 cm³/mol. The highest BCUT2D eigenvalue weighted by Gasteiger charge is 2.02. The van der Waals surface area contributed by atoms with Crippen molar-refractivity contribution in [2.45, 2.75) is 33.2 Å². The zero-order chi connectivity index (χ0) is 16.5. The molecule has 0 fully saturated rings. The fourth-order valence-electron chi connectivity index (χ4n) is 2.02. The molecule has 0 aliphatic heterocycles. The van der Waals surface area contributed by atoms with E-state index in [2.05, 4.69) is 27.5 Å². The van der Waals surface area contributed by atoms with Crippen LogP contribution in [0.15, 0.2) is 35.5 Å². The molecular formula is C17H24FIN4S. The van der Waals surface area contributed by atoms with E-state index >= 15 is 0 Å². The van der Waals surface area contributed by atoms with Gasteiger partial charge in [0, 0.05) is 30.6 Å². The van der Waals surface area contributed by atoms with Crippen LogP contribution in [0.4, 0.5) is 4.39 Å². The molecule has 0 bridgehead atoms. The molecule has 24 heavy (non-hydrogen) atoms. The molecule has 2 aromatic rings. The number of rotatable bonds is 7. The van der Waals surface area contributed by atoms with Crippen LogP contribution in [0.25, 0.3) is 0 Å². The van der Waals surface area contributed by atoms with Gasteiger partial charge in [0.2, 0.25) is 0 Å². The third-order valence-corrected chi connectivity index (χ3v) is 4.46. The van der Waals surface area contributed by atoms with Crippen molar-refractivity contribution in [2.75, 3.05) is 13.1 Å². The van der Waals surface area contributed by atoms with E-state index in [4.69, 9.17) is 0 Å². The number of aryl methyl sites for hydroxylation is 1. The molecule has 0 radical (unpaired) electrons. The zero-order valence-electron chi connectivity index (χ0n) is 14.0. The first kappa shape index (κ1) is 20.8. The van der Waals surface area contributed by atoms with Crippen molar-refractivity contribution in [1.29, 1.82) is 0 Å². The predicted octanol–water partition coefficient (Wildman–Crippen LogP) is 3.76. The number of hydrogen-bond acceptors (Lipinski definition) is 3. The summed E-state index contributed by atoms with van der Waals surface area (Å²) >= 11 is 1.76. The van der Waals surface area contributed by atoms with Crippen molar-refractivity contribution in [3.05, 3.63) is 51.7 Å². The number of guanidine groups is 1. The van der Waals surface area contributed by atoms with Crippen LogP contribution < -0.4 is 10.6 Å². The van der Waals surface area contributed by atoms with Gasteiger partial charge in [0.1, 0.15) is 5.82 Å². The van der Waals surface area contributed by atoms with E-state index in [9.17, 15) is 4.39 Å². The van der Waals surface area contributed by atoms with Gasteiger partial charge in [-0.1, -0.05) is 19.1 Å². The summed E-state index contributed by atoms with van der Waals surface area (Å²) in [5, 5.41) is 7.67. The second-order valence-corrected chi connectivity index (χ2v) is 6.27. The van der Waals surface area contributed by atoms with Gasteiger partial charge in [0.15, 0.2) is 5.96 Å². The molecule has 1 heterocycles. The molecule has 2 N–H and O–H groups in total. The normalized spacial score (nSPS) is 11.0. The van der Waals surface area contributed by atoms with E-state index in [-0.39, 0.29) is 29.8 Å². The second kappa shape index (κ2) is 11.4. The Morgan fingerprint density at radius 2 is 1.96 bits per heavy atom. The Balaban J connectivity index is 0.00000288. The van der Waals surface area contributed by atoms with Crippen LogP contribution in [-0.4, -0.2) is 24.0 Å². The molecule has 0 amide bonds. The Hall–Kier alpha value is -1.22. The Bertz CT molecular complexity index is 628. The fourth-order valence-corrected chi connectivity index (χ4v) is 2.88. The monoisotopic (exact) mass is 462 g/mol. The lowest BCUT2D eigenvalue weighted by Crippen LogP contribution is -2.38. The van der Waals surface area contributed by atoms with Gasteiger partial charge in [-0.25, -0.2) is 14.4 Å². The first-order valence-corrected chi connectivity index (χ1v) is 8.73. The first-order chi connectivity index (χ1) is 11.2. The van der Waals surface area contributed by atoms with Crippen LogP contribution in [0, 0.1) is 5.82 Å². The summed E-state index contributed by atoms with van der Waals surface area (Å²) in [6, 6.07) is 6.42. The van der Waals surface area contributed by atoms with Gasteiger partial charge < -0.3 is 10.6 Å². The first-order valence-electron chi connectivity index (χ1n) is 7.91. The van der Waals surface area contributed by atoms with Crippen molar-refractivity contribution in [2.24, 2.45) is 4.99 Å². The van der Waals surface area contributed by atoms with Gasteiger partial charge in [0.25, 0.3) is 0 Å². The Morgan fingerprint density at radius 1 is 1.21 bits per heavy atom. The Kier molecular flexibility index (Phi) is 9.85. The van der Waals surface area contributed by atoms with E-state index in [0.29, 0.717) is 6.54 Å². The second-order valence-electron chi connectivity index (χ2n) is 5.07. The third kappa shape index (κ3) is 7.12. The maximum Gasteiger partial charge on any atom is 0.191 e. The third-order valence-electron chi connectivity index (χ3n) is 3.26. The van der Waals surface area contributed by atoms with E-state index in [0.717, 1.165) is 42.5 Å². The SMILES string of the molecule is CCNC(=NCc1ccc(F)cc1)NCCc1ncc(CC)s1.I. The molecule has 2 rings (SSSR count). The molecule has 0 aliphatic rings. The van der Waals surface area contributed by atoms with Crippen molar-refractivity contribution < 1.29 is 4.39 Å². The summed E-state index contributed by atoms with van der Waals surface area (Å²) < 4.78 is 12.9. The summed E-state index contributed by atoms with van der Waals surface area (Å²) in [5.41, 5.74) is 0.983. The number of halogens is 2. The summed E-state index contributed by atoms with van der Waals surface area (Å²) in [7, 11) is 0. The molecule has 7 heteroatoms. The van der Waals surface area contributed by atoms with Crippen LogP contribution in [0.2, 0.25) is 0 Å². The summed E-state index contributed by atoms with van der Waals surface area (Å²) in [6.07, 6.45) is 3.87. The number of aliphatic imine (C=N–C) groups is 1. The molecule has 132 valence electrons. The van der Waals surface area contributed by atoms with Gasteiger partial charge >= 0.3 is 0 Å². The van der Waals surface area contributed by atoms with E-state index in [1.54, 1.807) is 23.5 Å². The minimum absolute atomic E-state index is 0. The van der Waals surface area contributed by atoms with Crippen LogP contribution in [0.1, 0.15) is 29.3 Å². The lowest BCUT2D eigenvalue weighted by Gasteiger charge is -2.10. The van der Waals surface area contributed by atoms with Gasteiger partial charge in [-0.05, 0) is 31.0 Å². The maximum atomic E-state index is 12.9. The van der Waals surface area contributed by atoms with Crippen LogP contribution in [0.5, 0.6) is 0 Å². The number of nitrogens with zero attached hydrogens (tertiary/aromatic N) is 2. The van der Waals surface area contributed by atoms with Gasteiger partial charge in [-0.2, -0.15) is 0 Å². The molecule has 0 saturated carbocycles. The molecule has 0 atom stereocenters. The summed E-state index contributed by atoms with van der Waals surface area (Å²) in [4.78, 5) is 10.3. The number of aromatic nitrogens is 1. The summed E-state index contributed by atoms with van der Waals surface area (Å²) in [6.45, 7) is 6.27. The fraction of sp³-hybridized carbons (Fsp3) is 0.412. The van der Waals surface area contributed by atoms with Crippen LogP contribution >= 0.6 is 35.3 Å². The number of hydrogen-bond donors (Lipinski definition) is 2. The minimum atomic E-state index is -0.224. The quantitative estimate of drug-likeness (QED) is 0.374. The van der Waals surface area contributed by atoms with Gasteiger partial charge in [-0.15, -0.1) is 35.3 Å². The Labute approximate surface area is 164 Å². The molecule has 0 saturated heterocycles. The Morgan fingerprint density at radius 3 is 2.58 bits per heavy atom. The van der Waals surface area contributed by atoms with Crippen molar-refractivity contribution >= 4 is 41.3 Å². The van der Waals surface area contributed by atoms with Crippen LogP contribution in [-0.2, 0) is 19.4 Å². The molecule has 0 aliphatic carbocycles. The highest BCUT2D eigenvalue weighted by molar-refractivity contribution is 14.0. The highest BCUT2D eigenvalue weighted by atomic mass is 127. The average Bonchev–Trinajstić information content (AvgIpc) is 3.02. The lowest BCUT2D eigenvalue weighted by atomic mass is 10.2. The van der Waals surface area contributed by atoms with E-state index < -0.39 is 0 Å².